The molecule has 0 saturated heterocycles. The van der Waals surface area contributed by atoms with E-state index in [-0.39, 0.29) is 40.8 Å². The van der Waals surface area contributed by atoms with Crippen molar-refractivity contribution < 1.29 is 46.2 Å². The number of alkyl halides is 3. The summed E-state index contributed by atoms with van der Waals surface area (Å²) in [5, 5.41) is 17.5. The van der Waals surface area contributed by atoms with Crippen molar-refractivity contribution >= 4 is 35.1 Å². The Morgan fingerprint density at radius 1 is 1.09 bits per heavy atom. The van der Waals surface area contributed by atoms with Gasteiger partial charge in [0.25, 0.3) is 5.91 Å². The van der Waals surface area contributed by atoms with E-state index in [0.29, 0.717) is 0 Å². The predicted molar refractivity (Wildman–Crippen MR) is 153 cm³/mol. The first kappa shape index (κ1) is 33.4. The van der Waals surface area contributed by atoms with E-state index in [4.69, 9.17) is 22.1 Å². The summed E-state index contributed by atoms with van der Waals surface area (Å²) in [7, 11) is 0. The number of rotatable bonds is 11. The highest BCUT2D eigenvalue weighted by Gasteiger charge is 2.56. The lowest BCUT2D eigenvalue weighted by Gasteiger charge is -2.31. The molecule has 16 heteroatoms. The SMILES string of the molecule is CCOc1c(CC(N)=O)cc([C@@](O)(CNC(=O)c2ccc(F)c(NC(=O)NC3CC3)c2)C(F)(F)F)nc1-c1ccc(F)c(Cl)c1. The average molecular weight is 656 g/mol. The fourth-order valence-electron chi connectivity index (χ4n) is 4.24. The molecule has 1 atom stereocenters. The lowest BCUT2D eigenvalue weighted by Crippen LogP contribution is -2.51. The Balaban J connectivity index is 1.72. The fraction of sp³-hybridized carbons (Fsp3) is 0.310. The molecule has 1 aliphatic carbocycles. The number of nitrogens with zero attached hydrogens (tertiary/aromatic N) is 1. The maximum absolute atomic E-state index is 14.6. The Bertz CT molecular complexity index is 1640. The number of carbonyl (C=O) groups is 3. The topological polar surface area (TPSA) is 156 Å². The van der Waals surface area contributed by atoms with E-state index in [0.717, 1.165) is 55.3 Å². The van der Waals surface area contributed by atoms with Crippen molar-refractivity contribution in [3.8, 4) is 17.0 Å². The molecule has 10 nitrogen and oxygen atoms in total. The van der Waals surface area contributed by atoms with Crippen LogP contribution in [0.1, 0.15) is 41.4 Å². The summed E-state index contributed by atoms with van der Waals surface area (Å²) in [5.41, 5.74) is -0.836. The second-order valence-corrected chi connectivity index (χ2v) is 10.6. The molecule has 0 radical (unpaired) electrons. The van der Waals surface area contributed by atoms with Crippen molar-refractivity contribution in [2.75, 3.05) is 18.5 Å². The van der Waals surface area contributed by atoms with E-state index in [9.17, 15) is 41.4 Å². The first-order valence-corrected chi connectivity index (χ1v) is 13.9. The number of aromatic nitrogens is 1. The van der Waals surface area contributed by atoms with Crippen LogP contribution in [0.5, 0.6) is 5.75 Å². The lowest BCUT2D eigenvalue weighted by atomic mass is 9.93. The summed E-state index contributed by atoms with van der Waals surface area (Å²) in [4.78, 5) is 40.8. The van der Waals surface area contributed by atoms with Gasteiger partial charge in [0, 0.05) is 22.7 Å². The Morgan fingerprint density at radius 3 is 2.38 bits per heavy atom. The number of urea groups is 1. The molecule has 0 aliphatic heterocycles. The zero-order valence-corrected chi connectivity index (χ0v) is 24.3. The van der Waals surface area contributed by atoms with E-state index >= 15 is 0 Å². The molecule has 1 aliphatic rings. The minimum atomic E-state index is -5.46. The van der Waals surface area contributed by atoms with Gasteiger partial charge in [0.2, 0.25) is 11.5 Å². The van der Waals surface area contributed by atoms with Crippen molar-refractivity contribution in [3.05, 3.63) is 75.9 Å². The molecule has 2 aromatic carbocycles. The van der Waals surface area contributed by atoms with Crippen LogP contribution in [0.25, 0.3) is 11.3 Å². The maximum Gasteiger partial charge on any atom is 0.424 e. The van der Waals surface area contributed by atoms with E-state index in [1.165, 1.54) is 0 Å². The molecular weight excluding hydrogens is 629 g/mol. The number of amides is 4. The van der Waals surface area contributed by atoms with Crippen LogP contribution >= 0.6 is 11.6 Å². The molecule has 6 N–H and O–H groups in total. The zero-order valence-electron chi connectivity index (χ0n) is 23.5. The Hall–Kier alpha value is -4.50. The van der Waals surface area contributed by atoms with Crippen molar-refractivity contribution in [1.29, 1.82) is 0 Å². The van der Waals surface area contributed by atoms with Crippen molar-refractivity contribution in [3.63, 3.8) is 0 Å². The van der Waals surface area contributed by atoms with Gasteiger partial charge in [0.1, 0.15) is 23.1 Å². The van der Waals surface area contributed by atoms with Gasteiger partial charge in [-0.1, -0.05) is 11.6 Å². The molecule has 45 heavy (non-hydrogen) atoms. The first-order chi connectivity index (χ1) is 21.1. The highest BCUT2D eigenvalue weighted by Crippen LogP contribution is 2.42. The number of hydrogen-bond donors (Lipinski definition) is 5. The van der Waals surface area contributed by atoms with Gasteiger partial charge < -0.3 is 31.5 Å². The number of aliphatic hydroxyl groups is 1. The molecule has 1 fully saturated rings. The third-order valence-corrected chi connectivity index (χ3v) is 6.97. The highest BCUT2D eigenvalue weighted by atomic mass is 35.5. The van der Waals surface area contributed by atoms with E-state index < -0.39 is 70.6 Å². The summed E-state index contributed by atoms with van der Waals surface area (Å²) in [5.74, 6) is -4.00. The van der Waals surface area contributed by atoms with Crippen LogP contribution in [0.2, 0.25) is 5.02 Å². The number of hydrogen-bond acceptors (Lipinski definition) is 6. The second-order valence-electron chi connectivity index (χ2n) is 10.2. The predicted octanol–water partition coefficient (Wildman–Crippen LogP) is 4.57. The van der Waals surface area contributed by atoms with Crippen LogP contribution in [-0.4, -0.2) is 53.3 Å². The Labute approximate surface area is 258 Å². The number of benzene rings is 2. The minimum absolute atomic E-state index is 0.0111. The molecule has 3 aromatic rings. The van der Waals surface area contributed by atoms with Gasteiger partial charge >= 0.3 is 12.2 Å². The quantitative estimate of drug-likeness (QED) is 0.191. The number of halogens is 6. The third-order valence-electron chi connectivity index (χ3n) is 6.68. The summed E-state index contributed by atoms with van der Waals surface area (Å²) >= 11 is 5.89. The largest absolute Gasteiger partial charge is 0.491 e. The summed E-state index contributed by atoms with van der Waals surface area (Å²) in [6.45, 7) is 0.0458. The fourth-order valence-corrected chi connectivity index (χ4v) is 4.42. The van der Waals surface area contributed by atoms with Crippen LogP contribution in [-0.2, 0) is 16.8 Å². The van der Waals surface area contributed by atoms with Crippen LogP contribution in [0, 0.1) is 11.6 Å². The number of primary amides is 1. The third kappa shape index (κ3) is 7.78. The van der Waals surface area contributed by atoms with Gasteiger partial charge in [-0.2, -0.15) is 13.2 Å². The van der Waals surface area contributed by atoms with E-state index in [2.05, 4.69) is 15.6 Å². The standard InChI is InChI=1S/C29H27ClF5N5O5/c1-2-45-25-16(12-23(36)41)11-22(40-24(25)14-3-7-19(31)18(30)9-14)28(44,29(33,34)35)13-37-26(42)15-4-8-20(32)21(10-15)39-27(43)38-17-5-6-17/h3-4,7-11,17,44H,2,5-6,12-13H2,1H3,(H2,36,41)(H,37,42)(H2,38,39,43)/t28-/m0/s1. The van der Waals surface area contributed by atoms with Gasteiger partial charge in [-0.05, 0) is 62.2 Å². The number of ether oxygens (including phenoxy) is 1. The summed E-state index contributed by atoms with van der Waals surface area (Å²) in [6.07, 6.45) is -4.58. The van der Waals surface area contributed by atoms with Crippen molar-refractivity contribution in [1.82, 2.24) is 15.6 Å². The van der Waals surface area contributed by atoms with Gasteiger partial charge in [0.15, 0.2) is 0 Å². The van der Waals surface area contributed by atoms with Crippen molar-refractivity contribution in [2.24, 2.45) is 5.73 Å². The van der Waals surface area contributed by atoms with Gasteiger partial charge in [0.05, 0.1) is 36.0 Å². The number of anilines is 1. The second kappa shape index (κ2) is 13.2. The maximum atomic E-state index is 14.6. The van der Waals surface area contributed by atoms with Crippen LogP contribution in [0.3, 0.4) is 0 Å². The zero-order chi connectivity index (χ0) is 33.1. The minimum Gasteiger partial charge on any atom is -0.491 e. The molecule has 0 unspecified atom stereocenters. The molecule has 0 bridgehead atoms. The van der Waals surface area contributed by atoms with Gasteiger partial charge in [-0.15, -0.1) is 0 Å². The number of carbonyl (C=O) groups excluding carboxylic acids is 3. The van der Waals surface area contributed by atoms with Gasteiger partial charge in [-0.25, -0.2) is 18.6 Å². The highest BCUT2D eigenvalue weighted by molar-refractivity contribution is 6.31. The lowest BCUT2D eigenvalue weighted by molar-refractivity contribution is -0.265. The van der Waals surface area contributed by atoms with E-state index in [1.54, 1.807) is 6.92 Å². The summed E-state index contributed by atoms with van der Waals surface area (Å²) in [6, 6.07) is 5.87. The Morgan fingerprint density at radius 2 is 1.78 bits per heavy atom. The first-order valence-electron chi connectivity index (χ1n) is 13.5. The molecule has 4 rings (SSSR count). The number of nitrogens with one attached hydrogen (secondary N) is 3. The molecule has 1 saturated carbocycles. The molecule has 1 aromatic heterocycles. The molecule has 1 heterocycles. The van der Waals surface area contributed by atoms with E-state index in [1.807, 2.05) is 5.32 Å². The average Bonchev–Trinajstić information content (AvgIpc) is 3.78. The number of pyridine rings is 1. The molecule has 0 spiro atoms. The normalized spacial score (nSPS) is 14.3. The van der Waals surface area contributed by atoms with Crippen LogP contribution in [0.4, 0.5) is 32.4 Å². The number of nitrogens with two attached hydrogens (primary N) is 1. The molecule has 4 amide bonds. The van der Waals surface area contributed by atoms with Crippen molar-refractivity contribution in [2.45, 2.75) is 44.0 Å². The van der Waals surface area contributed by atoms with Crippen LogP contribution < -0.4 is 26.4 Å². The summed E-state index contributed by atoms with van der Waals surface area (Å²) < 4.78 is 77.5. The Kier molecular flexibility index (Phi) is 9.83. The monoisotopic (exact) mass is 655 g/mol. The van der Waals surface area contributed by atoms with Crippen LogP contribution in [0.15, 0.2) is 42.5 Å². The smallest absolute Gasteiger partial charge is 0.424 e. The van der Waals surface area contributed by atoms with Gasteiger partial charge in [-0.3, -0.25) is 9.59 Å². The molecular formula is C29H27ClF5N5O5. The molecule has 240 valence electrons.